The van der Waals surface area contributed by atoms with Crippen molar-refractivity contribution in [3.05, 3.63) is 33.7 Å². The molecule has 0 saturated carbocycles. The molecule has 20 heavy (non-hydrogen) atoms. The van der Waals surface area contributed by atoms with Gasteiger partial charge in [-0.25, -0.2) is 4.68 Å². The molecule has 0 unspecified atom stereocenters. The highest BCUT2D eigenvalue weighted by Gasteiger charge is 2.29. The van der Waals surface area contributed by atoms with Crippen LogP contribution in [0.4, 0.5) is 18.9 Å². The molecule has 1 aromatic rings. The van der Waals surface area contributed by atoms with E-state index in [1.807, 2.05) is 0 Å². The van der Waals surface area contributed by atoms with Gasteiger partial charge in [0.1, 0.15) is 11.0 Å². The number of halogens is 4. The predicted molar refractivity (Wildman–Crippen MR) is 78.3 cm³/mol. The van der Waals surface area contributed by atoms with E-state index >= 15 is 0 Å². The topological polar surface area (TPSA) is 46.9 Å². The summed E-state index contributed by atoms with van der Waals surface area (Å²) < 4.78 is 37.1. The second-order valence-corrected chi connectivity index (χ2v) is 5.68. The van der Waals surface area contributed by atoms with Crippen molar-refractivity contribution < 1.29 is 13.2 Å². The highest BCUT2D eigenvalue weighted by molar-refractivity contribution is 9.10. The number of aromatic nitrogens is 2. The fraction of sp³-hybridized carbons (Fsp3) is 0.455. The Hall–Kier alpha value is -0.960. The number of nitrogens with zero attached hydrogens (tertiary/aromatic N) is 2. The number of rotatable bonds is 7. The van der Waals surface area contributed by atoms with Gasteiger partial charge in [0.15, 0.2) is 0 Å². The lowest BCUT2D eigenvalue weighted by Gasteiger charge is -2.11. The minimum absolute atomic E-state index is 0.0467. The first kappa shape index (κ1) is 17.1. The Bertz CT molecular complexity index is 519. The quantitative estimate of drug-likeness (QED) is 0.591. The molecular weight excluding hydrogens is 359 g/mol. The predicted octanol–water partition coefficient (Wildman–Crippen LogP) is 2.90. The lowest BCUT2D eigenvalue weighted by atomic mass is 10.4. The molecule has 0 aromatic carbocycles. The SMILES string of the molecule is C=CCSCCNc1cnn(CC(F)(F)F)c(=O)c1Br. The largest absolute Gasteiger partial charge is 0.408 e. The summed E-state index contributed by atoms with van der Waals surface area (Å²) in [5.74, 6) is 1.60. The lowest BCUT2D eigenvalue weighted by molar-refractivity contribution is -0.143. The number of thioether (sulfide) groups is 1. The molecule has 112 valence electrons. The van der Waals surface area contributed by atoms with Crippen LogP contribution in [0, 0.1) is 0 Å². The third kappa shape index (κ3) is 5.58. The molecule has 9 heteroatoms. The van der Waals surface area contributed by atoms with E-state index in [1.54, 1.807) is 17.8 Å². The summed E-state index contributed by atoms with van der Waals surface area (Å²) in [6.45, 7) is 2.75. The Labute approximate surface area is 126 Å². The molecule has 1 N–H and O–H groups in total. The summed E-state index contributed by atoms with van der Waals surface area (Å²) in [6.07, 6.45) is -1.50. The Morgan fingerprint density at radius 1 is 1.55 bits per heavy atom. The van der Waals surface area contributed by atoms with Gasteiger partial charge in [0.05, 0.1) is 11.9 Å². The van der Waals surface area contributed by atoms with Gasteiger partial charge in [-0.05, 0) is 15.9 Å². The first-order valence-corrected chi connectivity index (χ1v) is 7.55. The molecule has 0 atom stereocenters. The van der Waals surface area contributed by atoms with E-state index in [0.717, 1.165) is 11.5 Å². The van der Waals surface area contributed by atoms with Crippen LogP contribution >= 0.6 is 27.7 Å². The molecular formula is C11H13BrF3N3OS. The second kappa shape index (κ2) is 7.72. The fourth-order valence-corrected chi connectivity index (χ4v) is 2.32. The molecule has 1 heterocycles. The van der Waals surface area contributed by atoms with E-state index in [0.29, 0.717) is 16.9 Å². The summed E-state index contributed by atoms with van der Waals surface area (Å²) in [4.78, 5) is 11.7. The maximum Gasteiger partial charge on any atom is 0.408 e. The van der Waals surface area contributed by atoms with Crippen LogP contribution in [0.15, 0.2) is 28.1 Å². The summed E-state index contributed by atoms with van der Waals surface area (Å²) in [7, 11) is 0. The van der Waals surface area contributed by atoms with E-state index < -0.39 is 18.3 Å². The van der Waals surface area contributed by atoms with Gasteiger partial charge in [-0.1, -0.05) is 6.08 Å². The molecule has 0 fully saturated rings. The van der Waals surface area contributed by atoms with Gasteiger partial charge in [0, 0.05) is 18.1 Å². The Balaban J connectivity index is 2.69. The zero-order valence-corrected chi connectivity index (χ0v) is 12.8. The molecule has 1 aromatic heterocycles. The van der Waals surface area contributed by atoms with Crippen LogP contribution in [0.5, 0.6) is 0 Å². The van der Waals surface area contributed by atoms with Crippen molar-refractivity contribution in [2.75, 3.05) is 23.4 Å². The Kier molecular flexibility index (Phi) is 6.60. The van der Waals surface area contributed by atoms with Crippen LogP contribution in [0.2, 0.25) is 0 Å². The van der Waals surface area contributed by atoms with Gasteiger partial charge in [0.25, 0.3) is 5.56 Å². The number of nitrogens with one attached hydrogen (secondary N) is 1. The molecule has 0 amide bonds. The molecule has 0 spiro atoms. The number of hydrogen-bond acceptors (Lipinski definition) is 4. The number of anilines is 1. The van der Waals surface area contributed by atoms with Gasteiger partial charge in [0.2, 0.25) is 0 Å². The highest BCUT2D eigenvalue weighted by atomic mass is 79.9. The van der Waals surface area contributed by atoms with Gasteiger partial charge in [-0.15, -0.1) is 6.58 Å². The summed E-state index contributed by atoms with van der Waals surface area (Å²) in [6, 6.07) is 0. The molecule has 0 aliphatic carbocycles. The van der Waals surface area contributed by atoms with Crippen LogP contribution in [0.3, 0.4) is 0 Å². The smallest absolute Gasteiger partial charge is 0.382 e. The van der Waals surface area contributed by atoms with Crippen molar-refractivity contribution in [2.45, 2.75) is 12.7 Å². The zero-order chi connectivity index (χ0) is 15.2. The van der Waals surface area contributed by atoms with Crippen LogP contribution < -0.4 is 10.9 Å². The first-order valence-electron chi connectivity index (χ1n) is 5.60. The fourth-order valence-electron chi connectivity index (χ4n) is 1.30. The Morgan fingerprint density at radius 2 is 2.25 bits per heavy atom. The van der Waals surface area contributed by atoms with Crippen molar-refractivity contribution >= 4 is 33.4 Å². The van der Waals surface area contributed by atoms with Crippen LogP contribution in [-0.2, 0) is 6.54 Å². The molecule has 0 radical (unpaired) electrons. The molecule has 0 aliphatic heterocycles. The molecule has 0 bridgehead atoms. The Morgan fingerprint density at radius 3 is 2.85 bits per heavy atom. The lowest BCUT2D eigenvalue weighted by Crippen LogP contribution is -2.31. The van der Waals surface area contributed by atoms with Crippen molar-refractivity contribution in [1.29, 1.82) is 0 Å². The van der Waals surface area contributed by atoms with Crippen molar-refractivity contribution in [2.24, 2.45) is 0 Å². The minimum atomic E-state index is -4.48. The van der Waals surface area contributed by atoms with Gasteiger partial charge < -0.3 is 5.32 Å². The molecule has 4 nitrogen and oxygen atoms in total. The molecule has 0 aliphatic rings. The third-order valence-corrected chi connectivity index (χ3v) is 3.84. The maximum atomic E-state index is 12.2. The number of hydrogen-bond donors (Lipinski definition) is 1. The summed E-state index contributed by atoms with van der Waals surface area (Å²) in [5, 5.41) is 6.45. The summed E-state index contributed by atoms with van der Waals surface area (Å²) in [5.41, 5.74) is -0.432. The number of alkyl halides is 3. The standard InChI is InChI=1S/C11H13BrF3N3OS/c1-2-4-20-5-3-16-8-6-17-18(7-11(13,14)15)10(19)9(8)12/h2,6,16H,1,3-5,7H2. The van der Waals surface area contributed by atoms with Crippen molar-refractivity contribution in [3.8, 4) is 0 Å². The van der Waals surface area contributed by atoms with Crippen LogP contribution in [0.25, 0.3) is 0 Å². The van der Waals surface area contributed by atoms with Gasteiger partial charge in [-0.2, -0.15) is 30.0 Å². The average molecular weight is 372 g/mol. The van der Waals surface area contributed by atoms with E-state index in [2.05, 4.69) is 32.9 Å². The van der Waals surface area contributed by atoms with Crippen LogP contribution in [0.1, 0.15) is 0 Å². The van der Waals surface area contributed by atoms with Gasteiger partial charge in [-0.3, -0.25) is 4.79 Å². The van der Waals surface area contributed by atoms with Crippen molar-refractivity contribution in [1.82, 2.24) is 9.78 Å². The van der Waals surface area contributed by atoms with Crippen LogP contribution in [-0.4, -0.2) is 34.0 Å². The average Bonchev–Trinajstić information content (AvgIpc) is 2.36. The van der Waals surface area contributed by atoms with Crippen molar-refractivity contribution in [3.63, 3.8) is 0 Å². The highest BCUT2D eigenvalue weighted by Crippen LogP contribution is 2.19. The molecule has 0 saturated heterocycles. The van der Waals surface area contributed by atoms with E-state index in [-0.39, 0.29) is 4.47 Å². The van der Waals surface area contributed by atoms with E-state index in [1.165, 1.54) is 6.20 Å². The third-order valence-electron chi connectivity index (χ3n) is 2.11. The van der Waals surface area contributed by atoms with Gasteiger partial charge >= 0.3 is 6.18 Å². The van der Waals surface area contributed by atoms with E-state index in [4.69, 9.17) is 0 Å². The normalized spacial score (nSPS) is 11.4. The monoisotopic (exact) mass is 371 g/mol. The zero-order valence-electron chi connectivity index (χ0n) is 10.4. The summed E-state index contributed by atoms with van der Waals surface area (Å²) >= 11 is 4.64. The van der Waals surface area contributed by atoms with E-state index in [9.17, 15) is 18.0 Å². The maximum absolute atomic E-state index is 12.2. The molecule has 1 rings (SSSR count). The second-order valence-electron chi connectivity index (χ2n) is 3.74. The first-order chi connectivity index (χ1) is 9.35. The minimum Gasteiger partial charge on any atom is -0.382 e.